The lowest BCUT2D eigenvalue weighted by Gasteiger charge is -2.19. The number of likely N-dealkylation sites (N-methyl/N-ethyl adjacent to an activating group) is 1. The van der Waals surface area contributed by atoms with Gasteiger partial charge in [0.25, 0.3) is 0 Å². The van der Waals surface area contributed by atoms with Gasteiger partial charge < -0.3 is 19.7 Å². The molecule has 0 aliphatic rings. The van der Waals surface area contributed by atoms with Crippen molar-refractivity contribution in [3.05, 3.63) is 54.1 Å². The van der Waals surface area contributed by atoms with E-state index in [-0.39, 0.29) is 37.2 Å². The maximum Gasteiger partial charge on any atom is 0.204 e. The molecule has 1 N–H and O–H groups in total. The first-order chi connectivity index (χ1) is 13.1. The van der Waals surface area contributed by atoms with Gasteiger partial charge in [-0.15, -0.1) is 37.2 Å². The summed E-state index contributed by atoms with van der Waals surface area (Å²) in [6.45, 7) is 9.30. The van der Waals surface area contributed by atoms with Crippen molar-refractivity contribution >= 4 is 59.9 Å². The predicted molar refractivity (Wildman–Crippen MR) is 137 cm³/mol. The molecule has 0 atom stereocenters. The van der Waals surface area contributed by atoms with Crippen molar-refractivity contribution in [1.29, 1.82) is 0 Å². The minimum atomic E-state index is 0. The SMILES string of the molecule is CCN(CC)CCn1c(NCc2ccc(N(C)C)cc2)nc2ccccc21.Cl.Cl.Cl. The van der Waals surface area contributed by atoms with Gasteiger partial charge in [0.1, 0.15) is 0 Å². The van der Waals surface area contributed by atoms with Crippen LogP contribution in [0.5, 0.6) is 0 Å². The third-order valence-corrected chi connectivity index (χ3v) is 5.09. The van der Waals surface area contributed by atoms with Gasteiger partial charge in [-0.3, -0.25) is 0 Å². The molecule has 0 aliphatic heterocycles. The van der Waals surface area contributed by atoms with Gasteiger partial charge in [0.05, 0.1) is 11.0 Å². The number of nitrogens with zero attached hydrogens (tertiary/aromatic N) is 4. The molecule has 3 aromatic rings. The molecule has 0 bridgehead atoms. The van der Waals surface area contributed by atoms with Crippen molar-refractivity contribution in [2.75, 3.05) is 43.9 Å². The molecule has 0 fully saturated rings. The molecule has 5 nitrogen and oxygen atoms in total. The summed E-state index contributed by atoms with van der Waals surface area (Å²) in [6, 6.07) is 17.0. The summed E-state index contributed by atoms with van der Waals surface area (Å²) in [5.41, 5.74) is 4.70. The normalized spacial score (nSPS) is 10.2. The smallest absolute Gasteiger partial charge is 0.204 e. The third kappa shape index (κ3) is 6.95. The molecular formula is C22H34Cl3N5. The van der Waals surface area contributed by atoms with E-state index < -0.39 is 0 Å². The molecule has 168 valence electrons. The van der Waals surface area contributed by atoms with Crippen LogP contribution in [0.2, 0.25) is 0 Å². The van der Waals surface area contributed by atoms with Crippen LogP contribution < -0.4 is 10.2 Å². The van der Waals surface area contributed by atoms with Crippen LogP contribution >= 0.6 is 37.2 Å². The fraction of sp³-hybridized carbons (Fsp3) is 0.409. The highest BCUT2D eigenvalue weighted by molar-refractivity contribution is 5.86. The number of halogens is 3. The van der Waals surface area contributed by atoms with Crippen LogP contribution in [0.15, 0.2) is 48.5 Å². The summed E-state index contributed by atoms with van der Waals surface area (Å²) >= 11 is 0. The zero-order valence-corrected chi connectivity index (χ0v) is 20.6. The lowest BCUT2D eigenvalue weighted by Crippen LogP contribution is -2.27. The van der Waals surface area contributed by atoms with Crippen molar-refractivity contribution in [2.24, 2.45) is 0 Å². The van der Waals surface area contributed by atoms with E-state index in [9.17, 15) is 0 Å². The van der Waals surface area contributed by atoms with E-state index in [0.717, 1.165) is 44.2 Å². The molecular weight excluding hydrogens is 441 g/mol. The number of aromatic nitrogens is 2. The molecule has 8 heteroatoms. The molecule has 0 amide bonds. The Balaban J connectivity index is 0.00000280. The molecule has 2 aromatic carbocycles. The van der Waals surface area contributed by atoms with Gasteiger partial charge in [0.15, 0.2) is 0 Å². The highest BCUT2D eigenvalue weighted by atomic mass is 35.5. The Morgan fingerprint density at radius 1 is 0.900 bits per heavy atom. The van der Waals surface area contributed by atoms with E-state index in [0.29, 0.717) is 0 Å². The topological polar surface area (TPSA) is 36.3 Å². The molecule has 0 unspecified atom stereocenters. The number of benzene rings is 2. The van der Waals surface area contributed by atoms with E-state index in [4.69, 9.17) is 4.98 Å². The summed E-state index contributed by atoms with van der Waals surface area (Å²) in [5, 5.41) is 3.55. The molecule has 0 spiro atoms. The summed E-state index contributed by atoms with van der Waals surface area (Å²) in [7, 11) is 4.12. The monoisotopic (exact) mass is 473 g/mol. The van der Waals surface area contributed by atoms with E-state index in [1.807, 2.05) is 6.07 Å². The minimum absolute atomic E-state index is 0. The number of para-hydroxylation sites is 2. The highest BCUT2D eigenvalue weighted by Crippen LogP contribution is 2.21. The molecule has 1 heterocycles. The fourth-order valence-corrected chi connectivity index (χ4v) is 3.31. The summed E-state index contributed by atoms with van der Waals surface area (Å²) in [6.07, 6.45) is 0. The van der Waals surface area contributed by atoms with Crippen LogP contribution in [-0.4, -0.2) is 48.2 Å². The Bertz CT molecular complexity index is 861. The minimum Gasteiger partial charge on any atom is -0.378 e. The maximum absolute atomic E-state index is 4.83. The first-order valence-electron chi connectivity index (χ1n) is 9.80. The molecule has 3 rings (SSSR count). The molecule has 0 saturated heterocycles. The number of hydrogen-bond acceptors (Lipinski definition) is 4. The standard InChI is InChI=1S/C22H31N5.3ClH/c1-5-26(6-2)15-16-27-21-10-8-7-9-20(21)24-22(27)23-17-18-11-13-19(14-12-18)25(3)4;;;/h7-14H,5-6,15-17H2,1-4H3,(H,23,24);3*1H. The van der Waals surface area contributed by atoms with E-state index in [1.165, 1.54) is 16.8 Å². The molecule has 0 aliphatic carbocycles. The maximum atomic E-state index is 4.83. The van der Waals surface area contributed by atoms with Crippen molar-refractivity contribution in [3.8, 4) is 0 Å². The van der Waals surface area contributed by atoms with Gasteiger partial charge in [-0.2, -0.15) is 0 Å². The summed E-state index contributed by atoms with van der Waals surface area (Å²) in [4.78, 5) is 9.39. The number of fused-ring (bicyclic) bond motifs is 1. The number of rotatable bonds is 9. The molecule has 0 saturated carbocycles. The first kappa shape index (κ1) is 28.3. The van der Waals surface area contributed by atoms with Crippen molar-refractivity contribution in [3.63, 3.8) is 0 Å². The van der Waals surface area contributed by atoms with E-state index in [1.54, 1.807) is 0 Å². The molecule has 1 aromatic heterocycles. The van der Waals surface area contributed by atoms with Gasteiger partial charge in [-0.25, -0.2) is 4.98 Å². The summed E-state index contributed by atoms with van der Waals surface area (Å²) in [5.74, 6) is 0.944. The van der Waals surface area contributed by atoms with Gasteiger partial charge in [0, 0.05) is 39.4 Å². The van der Waals surface area contributed by atoms with E-state index >= 15 is 0 Å². The Kier molecular flexibility index (Phi) is 12.9. The van der Waals surface area contributed by atoms with Crippen LogP contribution in [0.4, 0.5) is 11.6 Å². The van der Waals surface area contributed by atoms with Crippen LogP contribution in [0, 0.1) is 0 Å². The van der Waals surface area contributed by atoms with Crippen LogP contribution in [-0.2, 0) is 13.1 Å². The van der Waals surface area contributed by atoms with Gasteiger partial charge in [-0.05, 0) is 42.9 Å². The second kappa shape index (κ2) is 13.6. The van der Waals surface area contributed by atoms with Gasteiger partial charge in [0.2, 0.25) is 5.95 Å². The number of imidazole rings is 1. The average molecular weight is 475 g/mol. The zero-order valence-electron chi connectivity index (χ0n) is 18.2. The Labute approximate surface area is 199 Å². The summed E-state index contributed by atoms with van der Waals surface area (Å²) < 4.78 is 2.31. The largest absolute Gasteiger partial charge is 0.378 e. The number of nitrogens with one attached hydrogen (secondary N) is 1. The Morgan fingerprint density at radius 2 is 1.53 bits per heavy atom. The predicted octanol–water partition coefficient (Wildman–Crippen LogP) is 5.32. The second-order valence-electron chi connectivity index (χ2n) is 7.02. The number of hydrogen-bond donors (Lipinski definition) is 1. The lowest BCUT2D eigenvalue weighted by atomic mass is 10.2. The lowest BCUT2D eigenvalue weighted by molar-refractivity contribution is 0.292. The Hall–Kier alpha value is -1.66. The van der Waals surface area contributed by atoms with E-state index in [2.05, 4.69) is 90.1 Å². The second-order valence-corrected chi connectivity index (χ2v) is 7.02. The average Bonchev–Trinajstić information content (AvgIpc) is 3.05. The van der Waals surface area contributed by atoms with Crippen molar-refractivity contribution < 1.29 is 0 Å². The van der Waals surface area contributed by atoms with Gasteiger partial charge in [-0.1, -0.05) is 38.1 Å². The van der Waals surface area contributed by atoms with Crippen LogP contribution in [0.3, 0.4) is 0 Å². The Morgan fingerprint density at radius 3 is 2.13 bits per heavy atom. The van der Waals surface area contributed by atoms with Crippen molar-refractivity contribution in [1.82, 2.24) is 14.5 Å². The number of anilines is 2. The quantitative estimate of drug-likeness (QED) is 0.455. The highest BCUT2D eigenvalue weighted by Gasteiger charge is 2.11. The van der Waals surface area contributed by atoms with Crippen molar-refractivity contribution in [2.45, 2.75) is 26.9 Å². The zero-order chi connectivity index (χ0) is 19.2. The first-order valence-corrected chi connectivity index (χ1v) is 9.80. The fourth-order valence-electron chi connectivity index (χ4n) is 3.31. The van der Waals surface area contributed by atoms with Crippen LogP contribution in [0.1, 0.15) is 19.4 Å². The third-order valence-electron chi connectivity index (χ3n) is 5.09. The van der Waals surface area contributed by atoms with Gasteiger partial charge >= 0.3 is 0 Å². The molecule has 30 heavy (non-hydrogen) atoms. The molecule has 0 radical (unpaired) electrons. The van der Waals surface area contributed by atoms with Crippen LogP contribution in [0.25, 0.3) is 11.0 Å².